The Hall–Kier alpha value is -4.80. The van der Waals surface area contributed by atoms with E-state index in [9.17, 15) is 9.59 Å². The summed E-state index contributed by atoms with van der Waals surface area (Å²) in [6.07, 6.45) is 7.27. The van der Waals surface area contributed by atoms with Crippen molar-refractivity contribution in [1.82, 2.24) is 29.7 Å². The second-order valence-corrected chi connectivity index (χ2v) is 16.2. The highest BCUT2D eigenvalue weighted by Crippen LogP contribution is 2.40. The van der Waals surface area contributed by atoms with Crippen molar-refractivity contribution in [3.63, 3.8) is 0 Å². The minimum Gasteiger partial charge on any atom is -0.488 e. The highest BCUT2D eigenvalue weighted by Gasteiger charge is 2.39. The quantitative estimate of drug-likeness (QED) is 0.177. The predicted octanol–water partition coefficient (Wildman–Crippen LogP) is 9.14. The van der Waals surface area contributed by atoms with Crippen LogP contribution in [0.1, 0.15) is 116 Å². The molecule has 11 nitrogen and oxygen atoms in total. The van der Waals surface area contributed by atoms with Gasteiger partial charge in [0.25, 0.3) is 0 Å². The molecule has 1 saturated heterocycles. The molecular formula is C41H54N6O5. The molecule has 0 saturated carbocycles. The number of nitrogens with zero attached hydrogens (tertiary/aromatic N) is 4. The number of aromatic amines is 2. The fourth-order valence-electron chi connectivity index (χ4n) is 6.89. The number of nitrogens with one attached hydrogen (secondary N) is 2. The van der Waals surface area contributed by atoms with Gasteiger partial charge >= 0.3 is 12.2 Å². The van der Waals surface area contributed by atoms with E-state index in [0.29, 0.717) is 19.0 Å². The monoisotopic (exact) mass is 710 g/mol. The molecule has 4 aromatic rings. The van der Waals surface area contributed by atoms with Gasteiger partial charge in [-0.25, -0.2) is 19.6 Å². The second-order valence-electron chi connectivity index (χ2n) is 16.2. The van der Waals surface area contributed by atoms with E-state index in [1.54, 1.807) is 4.90 Å². The Kier molecular flexibility index (Phi) is 10.4. The topological polar surface area (TPSA) is 126 Å². The van der Waals surface area contributed by atoms with Crippen molar-refractivity contribution < 1.29 is 23.8 Å². The van der Waals surface area contributed by atoms with E-state index in [4.69, 9.17) is 19.2 Å². The van der Waals surface area contributed by atoms with Crippen LogP contribution in [0.15, 0.2) is 48.8 Å². The average Bonchev–Trinajstić information content (AvgIpc) is 3.84. The van der Waals surface area contributed by atoms with Crippen LogP contribution in [-0.2, 0) is 35.5 Å². The predicted molar refractivity (Wildman–Crippen MR) is 201 cm³/mol. The number of aryl methyl sites for hydroxylation is 2. The van der Waals surface area contributed by atoms with Gasteiger partial charge in [-0.05, 0) is 128 Å². The zero-order chi connectivity index (χ0) is 37.4. The number of carbonyl (C=O) groups excluding carboxylic acids is 2. The number of H-pyrrole nitrogens is 2. The highest BCUT2D eigenvalue weighted by molar-refractivity contribution is 5.78. The SMILES string of the molecule is CCC(C)N(Cc1ncc(-c2ccc3c(c2)COc2ccc(CCc4cnc(C5CCC(C)N5C(=O)OC(C)(C)C)[nH]4)cc2-3)[nH]1)C(=O)OC(C)(C)C. The Labute approximate surface area is 307 Å². The first kappa shape index (κ1) is 37.0. The summed E-state index contributed by atoms with van der Waals surface area (Å²) in [5, 5.41) is 0. The summed E-state index contributed by atoms with van der Waals surface area (Å²) in [5.74, 6) is 2.39. The Morgan fingerprint density at radius 3 is 2.46 bits per heavy atom. The molecule has 0 radical (unpaired) electrons. The number of hydrogen-bond donors (Lipinski definition) is 2. The molecule has 4 heterocycles. The van der Waals surface area contributed by atoms with Crippen molar-refractivity contribution in [2.24, 2.45) is 0 Å². The molecule has 2 aliphatic heterocycles. The van der Waals surface area contributed by atoms with Gasteiger partial charge < -0.3 is 24.2 Å². The number of rotatable bonds is 9. The maximum absolute atomic E-state index is 13.0. The minimum atomic E-state index is -0.576. The molecule has 3 atom stereocenters. The van der Waals surface area contributed by atoms with Crippen LogP contribution in [0.2, 0.25) is 0 Å². The molecule has 0 spiro atoms. The molecule has 2 aromatic carbocycles. The number of fused-ring (bicyclic) bond motifs is 3. The van der Waals surface area contributed by atoms with Crippen LogP contribution in [0, 0.1) is 0 Å². The first-order valence-corrected chi connectivity index (χ1v) is 18.6. The number of imidazole rings is 2. The van der Waals surface area contributed by atoms with Crippen molar-refractivity contribution in [3.05, 3.63) is 77.3 Å². The van der Waals surface area contributed by atoms with E-state index in [2.05, 4.69) is 65.2 Å². The standard InChI is InChI=1S/C41H54N6O5/c1-10-25(2)46(38(48)51-40(4,5)6)23-36-42-22-33(45-36)28-14-16-31-29(20-28)24-50-35-18-13-27(19-32(31)35)12-15-30-21-43-37(44-30)34-17-11-26(3)47(34)39(49)52-41(7,8)9/h13-14,16,18-22,25-26,34H,10-12,15,17,23-24H2,1-9H3,(H,42,45)(H,43,44). The molecule has 6 rings (SSSR count). The Morgan fingerprint density at radius 1 is 0.962 bits per heavy atom. The Bertz CT molecular complexity index is 1900. The van der Waals surface area contributed by atoms with Crippen LogP contribution in [0.5, 0.6) is 5.75 Å². The zero-order valence-electron chi connectivity index (χ0n) is 32.1. The number of amides is 2. The molecule has 0 bridgehead atoms. The number of ether oxygens (including phenoxy) is 3. The molecule has 1 fully saturated rings. The fraction of sp³-hybridized carbons (Fsp3) is 0.512. The van der Waals surface area contributed by atoms with Gasteiger partial charge in [0.1, 0.15) is 35.2 Å². The van der Waals surface area contributed by atoms with Crippen molar-refractivity contribution in [1.29, 1.82) is 0 Å². The lowest BCUT2D eigenvalue weighted by Crippen LogP contribution is -2.41. The van der Waals surface area contributed by atoms with Crippen LogP contribution in [0.4, 0.5) is 9.59 Å². The summed E-state index contributed by atoms with van der Waals surface area (Å²) >= 11 is 0. The lowest BCUT2D eigenvalue weighted by Gasteiger charge is -2.30. The van der Waals surface area contributed by atoms with E-state index in [-0.39, 0.29) is 30.3 Å². The van der Waals surface area contributed by atoms with Crippen LogP contribution in [-0.4, -0.2) is 65.2 Å². The van der Waals surface area contributed by atoms with E-state index < -0.39 is 11.2 Å². The first-order chi connectivity index (χ1) is 24.6. The largest absolute Gasteiger partial charge is 0.488 e. The number of benzene rings is 2. The normalized spacial score (nSPS) is 17.6. The van der Waals surface area contributed by atoms with Gasteiger partial charge in [-0.15, -0.1) is 0 Å². The maximum atomic E-state index is 13.0. The Morgan fingerprint density at radius 2 is 1.73 bits per heavy atom. The molecule has 11 heteroatoms. The summed E-state index contributed by atoms with van der Waals surface area (Å²) in [5.41, 5.74) is 6.34. The molecule has 2 amide bonds. The summed E-state index contributed by atoms with van der Waals surface area (Å²) < 4.78 is 17.6. The molecule has 278 valence electrons. The van der Waals surface area contributed by atoms with Gasteiger partial charge in [-0.2, -0.15) is 0 Å². The van der Waals surface area contributed by atoms with Gasteiger partial charge in [0.15, 0.2) is 0 Å². The van der Waals surface area contributed by atoms with Crippen molar-refractivity contribution in [2.75, 3.05) is 0 Å². The smallest absolute Gasteiger partial charge is 0.411 e. The van der Waals surface area contributed by atoms with Crippen molar-refractivity contribution >= 4 is 12.2 Å². The Balaban J connectivity index is 1.13. The van der Waals surface area contributed by atoms with Gasteiger partial charge in [-0.3, -0.25) is 9.80 Å². The third-order valence-corrected chi connectivity index (χ3v) is 9.75. The van der Waals surface area contributed by atoms with E-state index >= 15 is 0 Å². The lowest BCUT2D eigenvalue weighted by molar-refractivity contribution is 0.0138. The number of aromatic nitrogens is 4. The number of carbonyl (C=O) groups is 2. The average molecular weight is 711 g/mol. The molecule has 3 unspecified atom stereocenters. The zero-order valence-corrected chi connectivity index (χ0v) is 32.1. The minimum absolute atomic E-state index is 0.00354. The van der Waals surface area contributed by atoms with Gasteiger partial charge in [-0.1, -0.05) is 25.1 Å². The number of likely N-dealkylation sites (tertiary alicyclic amines) is 1. The van der Waals surface area contributed by atoms with Crippen molar-refractivity contribution in [3.8, 4) is 28.1 Å². The van der Waals surface area contributed by atoms with E-state index in [0.717, 1.165) is 77.3 Å². The molecule has 2 aliphatic rings. The van der Waals surface area contributed by atoms with E-state index in [1.165, 1.54) is 5.56 Å². The molecule has 0 aliphatic carbocycles. The van der Waals surface area contributed by atoms with Crippen LogP contribution in [0.25, 0.3) is 22.4 Å². The summed E-state index contributed by atoms with van der Waals surface area (Å²) in [7, 11) is 0. The van der Waals surface area contributed by atoms with Gasteiger partial charge in [0.05, 0.1) is 24.5 Å². The molecule has 2 N–H and O–H groups in total. The van der Waals surface area contributed by atoms with Crippen LogP contribution < -0.4 is 4.74 Å². The molecule has 52 heavy (non-hydrogen) atoms. The van der Waals surface area contributed by atoms with Gasteiger partial charge in [0, 0.05) is 29.5 Å². The fourth-order valence-corrected chi connectivity index (χ4v) is 6.89. The maximum Gasteiger partial charge on any atom is 0.411 e. The molecule has 2 aromatic heterocycles. The van der Waals surface area contributed by atoms with Gasteiger partial charge in [0.2, 0.25) is 0 Å². The van der Waals surface area contributed by atoms with Crippen molar-refractivity contribution in [2.45, 2.75) is 137 Å². The lowest BCUT2D eigenvalue weighted by atomic mass is 9.92. The molecular weight excluding hydrogens is 656 g/mol. The van der Waals surface area contributed by atoms with E-state index in [1.807, 2.05) is 65.8 Å². The van der Waals surface area contributed by atoms with Crippen LogP contribution in [0.3, 0.4) is 0 Å². The third kappa shape index (κ3) is 8.45. The number of hydrogen-bond acceptors (Lipinski definition) is 7. The highest BCUT2D eigenvalue weighted by atomic mass is 16.6. The summed E-state index contributed by atoms with van der Waals surface area (Å²) in [4.78, 5) is 45.8. The second kappa shape index (κ2) is 14.7. The van der Waals surface area contributed by atoms with Crippen LogP contribution >= 0.6 is 0 Å². The first-order valence-electron chi connectivity index (χ1n) is 18.6. The summed E-state index contributed by atoms with van der Waals surface area (Å²) in [6, 6.07) is 12.8. The third-order valence-electron chi connectivity index (χ3n) is 9.75. The summed E-state index contributed by atoms with van der Waals surface area (Å²) in [6.45, 7) is 18.3.